The number of carboxylic acid groups (broad SMARTS) is 1. The second kappa shape index (κ2) is 6.30. The molecule has 6 heteroatoms. The Bertz CT molecular complexity index is 409. The molecular weight excluding hydrogens is 251 g/mol. The minimum absolute atomic E-state index is 0.0675. The molecule has 0 atom stereocenters. The average molecular weight is 263 g/mol. The van der Waals surface area contributed by atoms with Crippen molar-refractivity contribution >= 4 is 17.6 Å². The number of aromatic carboxylic acids is 1. The van der Waals surface area contributed by atoms with Crippen molar-refractivity contribution in [2.45, 2.75) is 6.42 Å². The van der Waals surface area contributed by atoms with Gasteiger partial charge in [-0.2, -0.15) is 0 Å². The van der Waals surface area contributed by atoms with Crippen molar-refractivity contribution in [1.29, 1.82) is 0 Å². The molecule has 0 spiro atoms. The third kappa shape index (κ3) is 3.49. The van der Waals surface area contributed by atoms with E-state index in [0.29, 0.717) is 0 Å². The SMILES string of the molecule is COc1cc(Cl)cc(C(=O)O)c1OCCCF. The zero-order valence-electron chi connectivity index (χ0n) is 9.20. The molecule has 94 valence electrons. The Morgan fingerprint density at radius 2 is 2.24 bits per heavy atom. The van der Waals surface area contributed by atoms with Crippen molar-refractivity contribution in [1.82, 2.24) is 0 Å². The first-order valence-electron chi connectivity index (χ1n) is 4.89. The molecule has 0 aliphatic carbocycles. The summed E-state index contributed by atoms with van der Waals surface area (Å²) in [4.78, 5) is 11.0. The number of rotatable bonds is 6. The van der Waals surface area contributed by atoms with Gasteiger partial charge in [0.25, 0.3) is 0 Å². The van der Waals surface area contributed by atoms with Gasteiger partial charge in [-0.25, -0.2) is 4.79 Å². The molecule has 0 saturated heterocycles. The van der Waals surface area contributed by atoms with E-state index in [0.717, 1.165) is 0 Å². The van der Waals surface area contributed by atoms with Crippen LogP contribution in [0.25, 0.3) is 0 Å². The molecule has 0 unspecified atom stereocenters. The third-order valence-corrected chi connectivity index (χ3v) is 2.21. The van der Waals surface area contributed by atoms with E-state index in [4.69, 9.17) is 26.2 Å². The van der Waals surface area contributed by atoms with Crippen molar-refractivity contribution in [3.8, 4) is 11.5 Å². The second-order valence-corrected chi connectivity index (χ2v) is 3.62. The third-order valence-electron chi connectivity index (χ3n) is 1.99. The molecular formula is C11H12ClFO4. The predicted octanol–water partition coefficient (Wildman–Crippen LogP) is 2.79. The lowest BCUT2D eigenvalue weighted by molar-refractivity contribution is 0.0691. The van der Waals surface area contributed by atoms with Gasteiger partial charge in [0.1, 0.15) is 5.56 Å². The molecule has 0 amide bonds. The number of hydrogen-bond donors (Lipinski definition) is 1. The standard InChI is InChI=1S/C11H12ClFO4/c1-16-9-6-7(12)5-8(11(14)15)10(9)17-4-2-3-13/h5-6H,2-4H2,1H3,(H,14,15). The van der Waals surface area contributed by atoms with Crippen LogP contribution >= 0.6 is 11.6 Å². The van der Waals surface area contributed by atoms with Crippen molar-refractivity contribution in [3.05, 3.63) is 22.7 Å². The summed E-state index contributed by atoms with van der Waals surface area (Å²) < 4.78 is 22.1. The van der Waals surface area contributed by atoms with Gasteiger partial charge in [-0.15, -0.1) is 0 Å². The quantitative estimate of drug-likeness (QED) is 0.801. The minimum atomic E-state index is -1.18. The Morgan fingerprint density at radius 1 is 1.53 bits per heavy atom. The van der Waals surface area contributed by atoms with Crippen LogP contribution in [0.5, 0.6) is 11.5 Å². The number of alkyl halides is 1. The highest BCUT2D eigenvalue weighted by Gasteiger charge is 2.18. The highest BCUT2D eigenvalue weighted by atomic mass is 35.5. The molecule has 0 aliphatic rings. The Labute approximate surface area is 103 Å². The van der Waals surface area contributed by atoms with Crippen LogP contribution < -0.4 is 9.47 Å². The second-order valence-electron chi connectivity index (χ2n) is 3.18. The molecule has 0 fully saturated rings. The van der Waals surface area contributed by atoms with E-state index >= 15 is 0 Å². The average Bonchev–Trinajstić information content (AvgIpc) is 2.30. The molecule has 0 saturated carbocycles. The maximum absolute atomic E-state index is 12.0. The molecule has 1 N–H and O–H groups in total. The van der Waals surface area contributed by atoms with Crippen molar-refractivity contribution in [2.24, 2.45) is 0 Å². The summed E-state index contributed by atoms with van der Waals surface area (Å²) in [6.45, 7) is -0.451. The van der Waals surface area contributed by atoms with Gasteiger partial charge >= 0.3 is 5.97 Å². The van der Waals surface area contributed by atoms with E-state index in [2.05, 4.69) is 0 Å². The topological polar surface area (TPSA) is 55.8 Å². The largest absolute Gasteiger partial charge is 0.493 e. The van der Waals surface area contributed by atoms with Gasteiger partial charge in [-0.3, -0.25) is 4.39 Å². The highest BCUT2D eigenvalue weighted by molar-refractivity contribution is 6.31. The molecule has 1 aromatic carbocycles. The molecule has 1 rings (SSSR count). The molecule has 4 nitrogen and oxygen atoms in total. The number of benzene rings is 1. The van der Waals surface area contributed by atoms with E-state index in [9.17, 15) is 9.18 Å². The lowest BCUT2D eigenvalue weighted by atomic mass is 10.2. The number of carbonyl (C=O) groups is 1. The number of ether oxygens (including phenoxy) is 2. The summed E-state index contributed by atoms with van der Waals surface area (Å²) in [6, 6.07) is 2.70. The van der Waals surface area contributed by atoms with Crippen LogP contribution in [0, 0.1) is 0 Å². The molecule has 0 bridgehead atoms. The minimum Gasteiger partial charge on any atom is -0.493 e. The van der Waals surface area contributed by atoms with Crippen LogP contribution in [-0.2, 0) is 0 Å². The summed E-state index contributed by atoms with van der Waals surface area (Å²) in [5, 5.41) is 9.23. The number of hydrogen-bond acceptors (Lipinski definition) is 3. The van der Waals surface area contributed by atoms with Crippen molar-refractivity contribution in [3.63, 3.8) is 0 Å². The Hall–Kier alpha value is -1.49. The van der Waals surface area contributed by atoms with E-state index in [1.807, 2.05) is 0 Å². The zero-order valence-corrected chi connectivity index (χ0v) is 9.96. The number of methoxy groups -OCH3 is 1. The molecule has 0 aliphatic heterocycles. The van der Waals surface area contributed by atoms with Gasteiger partial charge in [-0.1, -0.05) is 11.6 Å². The van der Waals surface area contributed by atoms with Crippen LogP contribution in [0.1, 0.15) is 16.8 Å². The fourth-order valence-corrected chi connectivity index (χ4v) is 1.46. The maximum Gasteiger partial charge on any atom is 0.339 e. The van der Waals surface area contributed by atoms with Crippen LogP contribution in [0.2, 0.25) is 5.02 Å². The molecule has 0 aromatic heterocycles. The van der Waals surface area contributed by atoms with Crippen LogP contribution in [0.3, 0.4) is 0 Å². The summed E-state index contributed by atoms with van der Waals surface area (Å²) in [7, 11) is 1.37. The summed E-state index contributed by atoms with van der Waals surface area (Å²) in [5.74, 6) is -0.896. The molecule has 17 heavy (non-hydrogen) atoms. The monoisotopic (exact) mass is 262 g/mol. The van der Waals surface area contributed by atoms with Gasteiger partial charge < -0.3 is 14.6 Å². The first-order chi connectivity index (χ1) is 8.10. The fourth-order valence-electron chi connectivity index (χ4n) is 1.26. The molecule has 0 heterocycles. The van der Waals surface area contributed by atoms with Crippen LogP contribution in [0.15, 0.2) is 12.1 Å². The normalized spacial score (nSPS) is 10.1. The van der Waals surface area contributed by atoms with Crippen LogP contribution in [-0.4, -0.2) is 31.5 Å². The Morgan fingerprint density at radius 3 is 2.76 bits per heavy atom. The Balaban J connectivity index is 3.08. The molecule has 1 aromatic rings. The number of halogens is 2. The van der Waals surface area contributed by atoms with E-state index < -0.39 is 12.6 Å². The summed E-state index contributed by atoms with van der Waals surface area (Å²) >= 11 is 5.75. The van der Waals surface area contributed by atoms with Gasteiger partial charge in [0, 0.05) is 17.5 Å². The smallest absolute Gasteiger partial charge is 0.339 e. The first kappa shape index (κ1) is 13.6. The maximum atomic E-state index is 12.0. The first-order valence-corrected chi connectivity index (χ1v) is 5.27. The van der Waals surface area contributed by atoms with E-state index in [1.54, 1.807) is 0 Å². The fraction of sp³-hybridized carbons (Fsp3) is 0.364. The van der Waals surface area contributed by atoms with E-state index in [1.165, 1.54) is 19.2 Å². The lowest BCUT2D eigenvalue weighted by Gasteiger charge is -2.13. The zero-order chi connectivity index (χ0) is 12.8. The summed E-state index contributed by atoms with van der Waals surface area (Å²) in [5.41, 5.74) is -0.104. The van der Waals surface area contributed by atoms with E-state index in [-0.39, 0.29) is 35.1 Å². The summed E-state index contributed by atoms with van der Waals surface area (Å²) in [6.07, 6.45) is 0.185. The van der Waals surface area contributed by atoms with Crippen LogP contribution in [0.4, 0.5) is 4.39 Å². The highest BCUT2D eigenvalue weighted by Crippen LogP contribution is 2.34. The lowest BCUT2D eigenvalue weighted by Crippen LogP contribution is -2.06. The van der Waals surface area contributed by atoms with Crippen molar-refractivity contribution in [2.75, 3.05) is 20.4 Å². The van der Waals surface area contributed by atoms with Gasteiger partial charge in [0.2, 0.25) is 0 Å². The predicted molar refractivity (Wildman–Crippen MR) is 61.1 cm³/mol. The number of carboxylic acids is 1. The van der Waals surface area contributed by atoms with Crippen molar-refractivity contribution < 1.29 is 23.8 Å². The Kier molecular flexibility index (Phi) is 5.03. The molecule has 0 radical (unpaired) electrons. The van der Waals surface area contributed by atoms with Gasteiger partial charge in [-0.05, 0) is 6.07 Å². The van der Waals surface area contributed by atoms with Gasteiger partial charge in [0.15, 0.2) is 11.5 Å². The van der Waals surface area contributed by atoms with Gasteiger partial charge in [0.05, 0.1) is 20.4 Å².